The van der Waals surface area contributed by atoms with Gasteiger partial charge in [-0.3, -0.25) is 4.79 Å². The van der Waals surface area contributed by atoms with E-state index in [2.05, 4.69) is 4.98 Å². The molecule has 4 aromatic rings. The molecule has 0 bridgehead atoms. The average Bonchev–Trinajstić information content (AvgIpc) is 3.34. The first-order valence-corrected chi connectivity index (χ1v) is 10.1. The maximum Gasteiger partial charge on any atom is 0.449 e. The number of benzene rings is 2. The summed E-state index contributed by atoms with van der Waals surface area (Å²) >= 11 is 0. The second-order valence-corrected chi connectivity index (χ2v) is 7.73. The van der Waals surface area contributed by atoms with E-state index in [9.17, 15) is 22.8 Å². The highest BCUT2D eigenvalue weighted by molar-refractivity contribution is 5.83. The molecule has 1 aliphatic carbocycles. The number of hydrogen-bond acceptors (Lipinski definition) is 5. The van der Waals surface area contributed by atoms with Crippen LogP contribution >= 0.6 is 0 Å². The van der Waals surface area contributed by atoms with Crippen LogP contribution in [0.4, 0.5) is 13.2 Å². The van der Waals surface area contributed by atoms with Gasteiger partial charge in [-0.15, -0.1) is 0 Å². The van der Waals surface area contributed by atoms with Crippen LogP contribution in [0.25, 0.3) is 22.0 Å². The molecule has 1 aliphatic rings. The zero-order valence-electron chi connectivity index (χ0n) is 16.7. The predicted octanol–water partition coefficient (Wildman–Crippen LogP) is 4.39. The van der Waals surface area contributed by atoms with Gasteiger partial charge >= 0.3 is 17.8 Å². The van der Waals surface area contributed by atoms with Crippen LogP contribution in [0.5, 0.6) is 0 Å². The number of fused-ring (bicyclic) bond motifs is 3. The van der Waals surface area contributed by atoms with E-state index in [1.165, 1.54) is 18.2 Å². The highest BCUT2D eigenvalue weighted by atomic mass is 19.4. The van der Waals surface area contributed by atoms with Crippen LogP contribution in [0.3, 0.4) is 0 Å². The molecule has 2 aromatic heterocycles. The van der Waals surface area contributed by atoms with Gasteiger partial charge < -0.3 is 13.7 Å². The lowest BCUT2D eigenvalue weighted by Gasteiger charge is -2.12. The second-order valence-electron chi connectivity index (χ2n) is 7.73. The molecule has 0 fully saturated rings. The van der Waals surface area contributed by atoms with Gasteiger partial charge in [-0.2, -0.15) is 13.2 Å². The van der Waals surface area contributed by atoms with Gasteiger partial charge in [-0.05, 0) is 54.7 Å². The maximum absolute atomic E-state index is 13.4. The van der Waals surface area contributed by atoms with Gasteiger partial charge in [0.25, 0.3) is 0 Å². The fourth-order valence-electron chi connectivity index (χ4n) is 4.20. The number of alkyl halides is 3. The first-order valence-electron chi connectivity index (χ1n) is 10.1. The van der Waals surface area contributed by atoms with E-state index in [1.807, 2.05) is 12.1 Å². The van der Waals surface area contributed by atoms with Crippen molar-refractivity contribution in [2.24, 2.45) is 0 Å². The Labute approximate surface area is 179 Å². The molecule has 0 N–H and O–H groups in total. The highest BCUT2D eigenvalue weighted by Crippen LogP contribution is 2.32. The number of para-hydroxylation sites is 2. The number of aromatic nitrogens is 2. The number of hydrogen-bond donors (Lipinski definition) is 0. The predicted molar refractivity (Wildman–Crippen MR) is 109 cm³/mol. The fraction of sp³-hybridized carbons (Fsp3) is 0.261. The number of imidazole rings is 1. The standard InChI is InChI=1S/C23H17F3N2O4/c24-23(25,26)22-27-17-6-1-2-7-18(17)28(22)11-21(30)31-12-15-10-20(29)32-19-9-14-5-3-4-13(14)8-16(15)19/h1-2,6-10H,3-5,11-12H2. The number of esters is 1. The molecule has 32 heavy (non-hydrogen) atoms. The smallest absolute Gasteiger partial charge is 0.449 e. The quantitative estimate of drug-likeness (QED) is 0.346. The van der Waals surface area contributed by atoms with Gasteiger partial charge in [0.1, 0.15) is 18.7 Å². The highest BCUT2D eigenvalue weighted by Gasteiger charge is 2.38. The fourth-order valence-corrected chi connectivity index (χ4v) is 4.20. The number of halogens is 3. The molecule has 0 saturated heterocycles. The molecule has 0 aliphatic heterocycles. The minimum absolute atomic E-state index is 0.133. The van der Waals surface area contributed by atoms with E-state index in [0.717, 1.165) is 35.0 Å². The lowest BCUT2D eigenvalue weighted by atomic mass is 10.0. The Morgan fingerprint density at radius 1 is 1.12 bits per heavy atom. The number of ether oxygens (including phenoxy) is 1. The Kier molecular flexibility index (Phi) is 4.76. The summed E-state index contributed by atoms with van der Waals surface area (Å²) in [5.74, 6) is -2.04. The minimum atomic E-state index is -4.73. The van der Waals surface area contributed by atoms with Crippen LogP contribution in [-0.4, -0.2) is 15.5 Å². The van der Waals surface area contributed by atoms with Gasteiger partial charge in [0.2, 0.25) is 5.82 Å². The summed E-state index contributed by atoms with van der Waals surface area (Å²) < 4.78 is 51.7. The first kappa shape index (κ1) is 20.3. The van der Waals surface area contributed by atoms with Crippen LogP contribution in [-0.2, 0) is 41.7 Å². The summed E-state index contributed by atoms with van der Waals surface area (Å²) in [5, 5.41) is 0.655. The summed E-state index contributed by atoms with van der Waals surface area (Å²) in [4.78, 5) is 28.1. The third kappa shape index (κ3) is 3.63. The number of carbonyl (C=O) groups is 1. The Hall–Kier alpha value is -3.62. The maximum atomic E-state index is 13.4. The molecule has 5 rings (SSSR count). The zero-order chi connectivity index (χ0) is 22.5. The summed E-state index contributed by atoms with van der Waals surface area (Å²) in [7, 11) is 0. The van der Waals surface area contributed by atoms with Gasteiger partial charge in [0.05, 0.1) is 11.0 Å². The molecule has 0 radical (unpaired) electrons. The lowest BCUT2D eigenvalue weighted by Crippen LogP contribution is -2.20. The van der Waals surface area contributed by atoms with Crippen molar-refractivity contribution in [1.82, 2.24) is 9.55 Å². The first-order chi connectivity index (χ1) is 15.3. The van der Waals surface area contributed by atoms with E-state index in [0.29, 0.717) is 16.5 Å². The van der Waals surface area contributed by atoms with E-state index in [1.54, 1.807) is 12.1 Å². The SMILES string of the molecule is O=C(Cn1c(C(F)(F)F)nc2ccccc21)OCc1cc(=O)oc2cc3c(cc12)CCC3. The number of carbonyl (C=O) groups excluding carboxylic acids is 1. The molecule has 164 valence electrons. The summed E-state index contributed by atoms with van der Waals surface area (Å²) in [6.45, 7) is -0.919. The van der Waals surface area contributed by atoms with Crippen LogP contribution in [0.15, 0.2) is 51.7 Å². The largest absolute Gasteiger partial charge is 0.459 e. The monoisotopic (exact) mass is 442 g/mol. The van der Waals surface area contributed by atoms with Crippen LogP contribution in [0.2, 0.25) is 0 Å². The Bertz CT molecular complexity index is 1420. The molecule has 0 saturated carbocycles. The Morgan fingerprint density at radius 2 is 1.88 bits per heavy atom. The van der Waals surface area contributed by atoms with E-state index in [-0.39, 0.29) is 17.6 Å². The molecule has 0 spiro atoms. The third-order valence-electron chi connectivity index (χ3n) is 5.63. The van der Waals surface area contributed by atoms with Crippen LogP contribution in [0.1, 0.15) is 28.9 Å². The molecule has 9 heteroatoms. The van der Waals surface area contributed by atoms with E-state index >= 15 is 0 Å². The van der Waals surface area contributed by atoms with Crippen molar-refractivity contribution in [2.45, 2.75) is 38.6 Å². The van der Waals surface area contributed by atoms with Crippen molar-refractivity contribution in [1.29, 1.82) is 0 Å². The van der Waals surface area contributed by atoms with Gasteiger partial charge in [-0.1, -0.05) is 12.1 Å². The van der Waals surface area contributed by atoms with E-state index in [4.69, 9.17) is 9.15 Å². The second kappa shape index (κ2) is 7.51. The Morgan fingerprint density at radius 3 is 2.66 bits per heavy atom. The van der Waals surface area contributed by atoms with Crippen LogP contribution in [0, 0.1) is 0 Å². The van der Waals surface area contributed by atoms with Crippen molar-refractivity contribution in [2.75, 3.05) is 0 Å². The molecule has 0 amide bonds. The average molecular weight is 442 g/mol. The molecular weight excluding hydrogens is 425 g/mol. The molecule has 2 heterocycles. The van der Waals surface area contributed by atoms with Crippen molar-refractivity contribution in [3.63, 3.8) is 0 Å². The Balaban J connectivity index is 1.42. The molecule has 6 nitrogen and oxygen atoms in total. The van der Waals surface area contributed by atoms with Gasteiger partial charge in [0, 0.05) is 17.0 Å². The number of aryl methyl sites for hydroxylation is 2. The van der Waals surface area contributed by atoms with Crippen molar-refractivity contribution in [3.8, 4) is 0 Å². The minimum Gasteiger partial charge on any atom is -0.459 e. The van der Waals surface area contributed by atoms with E-state index < -0.39 is 30.1 Å². The zero-order valence-corrected chi connectivity index (χ0v) is 16.7. The molecular formula is C23H17F3N2O4. The lowest BCUT2D eigenvalue weighted by molar-refractivity contribution is -0.151. The molecule has 0 unspecified atom stereocenters. The topological polar surface area (TPSA) is 74.3 Å². The summed E-state index contributed by atoms with van der Waals surface area (Å²) in [5.41, 5.74) is 2.86. The van der Waals surface area contributed by atoms with Gasteiger partial charge in [-0.25, -0.2) is 9.78 Å². The normalized spacial score (nSPS) is 13.6. The van der Waals surface area contributed by atoms with Crippen molar-refractivity contribution < 1.29 is 27.1 Å². The number of rotatable bonds is 4. The molecule has 2 aromatic carbocycles. The summed E-state index contributed by atoms with van der Waals surface area (Å²) in [6, 6.07) is 11.0. The molecule has 0 atom stereocenters. The third-order valence-corrected chi connectivity index (χ3v) is 5.63. The van der Waals surface area contributed by atoms with Crippen LogP contribution < -0.4 is 5.63 Å². The summed E-state index contributed by atoms with van der Waals surface area (Å²) in [6.07, 6.45) is -1.89. The number of nitrogens with zero attached hydrogens (tertiary/aromatic N) is 2. The van der Waals surface area contributed by atoms with Gasteiger partial charge in [0.15, 0.2) is 0 Å². The van der Waals surface area contributed by atoms with Crippen molar-refractivity contribution >= 4 is 28.0 Å². The van der Waals surface area contributed by atoms with Crippen molar-refractivity contribution in [3.05, 3.63) is 75.4 Å².